The van der Waals surface area contributed by atoms with Gasteiger partial charge in [-0.3, -0.25) is 4.79 Å². The summed E-state index contributed by atoms with van der Waals surface area (Å²) < 4.78 is 26.4. The number of aliphatic carboxylic acids is 1. The molecule has 138 valence electrons. The second kappa shape index (κ2) is 8.41. The minimum atomic E-state index is -1.14. The van der Waals surface area contributed by atoms with Gasteiger partial charge in [-0.05, 0) is 55.2 Å². The summed E-state index contributed by atoms with van der Waals surface area (Å²) in [5.41, 5.74) is 0.356. The molecule has 0 bridgehead atoms. The number of carboxylic acids is 1. The lowest BCUT2D eigenvalue weighted by Gasteiger charge is -2.38. The summed E-state index contributed by atoms with van der Waals surface area (Å²) in [6, 6.07) is 2.11. The smallest absolute Gasteiger partial charge is 0.326 e. The molecule has 1 saturated carbocycles. The highest BCUT2D eigenvalue weighted by molar-refractivity contribution is 5.77. The van der Waals surface area contributed by atoms with Crippen LogP contribution in [0.5, 0.6) is 0 Å². The van der Waals surface area contributed by atoms with E-state index >= 15 is 0 Å². The molecule has 1 fully saturated rings. The summed E-state index contributed by atoms with van der Waals surface area (Å²) in [5.74, 6) is -1.96. The van der Waals surface area contributed by atoms with Crippen molar-refractivity contribution >= 4 is 12.4 Å². The lowest BCUT2D eigenvalue weighted by atomic mass is 9.79. The highest BCUT2D eigenvalue weighted by atomic mass is 19.2. The van der Waals surface area contributed by atoms with Crippen LogP contribution in [0.2, 0.25) is 0 Å². The molecule has 25 heavy (non-hydrogen) atoms. The summed E-state index contributed by atoms with van der Waals surface area (Å²) in [4.78, 5) is 24.7. The van der Waals surface area contributed by atoms with Crippen molar-refractivity contribution in [3.05, 3.63) is 35.4 Å². The van der Waals surface area contributed by atoms with Gasteiger partial charge in [-0.2, -0.15) is 0 Å². The molecule has 0 heterocycles. The maximum atomic E-state index is 13.4. The SMILES string of the molecule is CC(C)C1CCC(N(C=O)C(Cc2ccc(F)c(F)c2)C(=O)O)CC1. The number of carbonyl (C=O) groups excluding carboxylic acids is 1. The van der Waals surface area contributed by atoms with Crippen LogP contribution < -0.4 is 0 Å². The predicted molar refractivity (Wildman–Crippen MR) is 90.0 cm³/mol. The molecule has 0 saturated heterocycles. The zero-order valence-electron chi connectivity index (χ0n) is 14.6. The molecule has 0 aromatic heterocycles. The van der Waals surface area contributed by atoms with Crippen molar-refractivity contribution in [3.8, 4) is 0 Å². The van der Waals surface area contributed by atoms with Crippen molar-refractivity contribution in [2.24, 2.45) is 11.8 Å². The Kier molecular flexibility index (Phi) is 6.51. The second-order valence-corrected chi connectivity index (χ2v) is 7.17. The van der Waals surface area contributed by atoms with Gasteiger partial charge in [0.2, 0.25) is 6.41 Å². The molecule has 1 aliphatic carbocycles. The van der Waals surface area contributed by atoms with Gasteiger partial charge in [0.25, 0.3) is 0 Å². The van der Waals surface area contributed by atoms with Gasteiger partial charge < -0.3 is 10.0 Å². The van der Waals surface area contributed by atoms with E-state index in [2.05, 4.69) is 13.8 Å². The molecule has 0 aliphatic heterocycles. The second-order valence-electron chi connectivity index (χ2n) is 7.17. The topological polar surface area (TPSA) is 57.6 Å². The molecule has 0 radical (unpaired) electrons. The molecular weight excluding hydrogens is 328 g/mol. The summed E-state index contributed by atoms with van der Waals surface area (Å²) >= 11 is 0. The number of hydrogen-bond donors (Lipinski definition) is 1. The number of halogens is 2. The fraction of sp³-hybridized carbons (Fsp3) is 0.579. The molecule has 6 heteroatoms. The van der Waals surface area contributed by atoms with E-state index in [9.17, 15) is 23.5 Å². The van der Waals surface area contributed by atoms with E-state index in [0.29, 0.717) is 23.8 Å². The molecule has 1 atom stereocenters. The minimum Gasteiger partial charge on any atom is -0.480 e. The Morgan fingerprint density at radius 1 is 1.24 bits per heavy atom. The Hall–Kier alpha value is -1.98. The van der Waals surface area contributed by atoms with Gasteiger partial charge in [-0.25, -0.2) is 13.6 Å². The third-order valence-corrected chi connectivity index (χ3v) is 5.29. The van der Waals surface area contributed by atoms with Crippen LogP contribution in [0.1, 0.15) is 45.1 Å². The van der Waals surface area contributed by atoms with Gasteiger partial charge >= 0.3 is 5.97 Å². The molecule has 1 amide bonds. The van der Waals surface area contributed by atoms with E-state index < -0.39 is 23.6 Å². The third-order valence-electron chi connectivity index (χ3n) is 5.29. The lowest BCUT2D eigenvalue weighted by molar-refractivity contribution is -0.148. The Balaban J connectivity index is 2.12. The lowest BCUT2D eigenvalue weighted by Crippen LogP contribution is -2.49. The number of hydrogen-bond acceptors (Lipinski definition) is 2. The minimum absolute atomic E-state index is 0.0462. The van der Waals surface area contributed by atoms with Crippen LogP contribution in [0, 0.1) is 23.5 Å². The van der Waals surface area contributed by atoms with Gasteiger partial charge in [0.05, 0.1) is 0 Å². The zero-order valence-corrected chi connectivity index (χ0v) is 14.6. The predicted octanol–water partition coefficient (Wildman–Crippen LogP) is 3.63. The van der Waals surface area contributed by atoms with Crippen LogP contribution in [-0.2, 0) is 16.0 Å². The quantitative estimate of drug-likeness (QED) is 0.762. The van der Waals surface area contributed by atoms with E-state index in [1.165, 1.54) is 11.0 Å². The monoisotopic (exact) mass is 353 g/mol. The van der Waals surface area contributed by atoms with Crippen LogP contribution >= 0.6 is 0 Å². The van der Waals surface area contributed by atoms with Gasteiger partial charge in [0, 0.05) is 12.5 Å². The Labute approximate surface area is 146 Å². The number of amides is 1. The maximum Gasteiger partial charge on any atom is 0.326 e. The van der Waals surface area contributed by atoms with Crippen LogP contribution in [0.4, 0.5) is 8.78 Å². The number of benzene rings is 1. The zero-order chi connectivity index (χ0) is 18.6. The Bertz CT molecular complexity index is 613. The van der Waals surface area contributed by atoms with E-state index in [-0.39, 0.29) is 12.5 Å². The molecule has 2 rings (SSSR count). The van der Waals surface area contributed by atoms with Crippen molar-refractivity contribution in [2.45, 2.75) is 58.0 Å². The van der Waals surface area contributed by atoms with Gasteiger partial charge in [0.1, 0.15) is 6.04 Å². The van der Waals surface area contributed by atoms with E-state index in [4.69, 9.17) is 0 Å². The molecule has 1 aromatic carbocycles. The van der Waals surface area contributed by atoms with E-state index in [1.807, 2.05) is 0 Å². The maximum absolute atomic E-state index is 13.4. The first-order valence-corrected chi connectivity index (χ1v) is 8.73. The van der Waals surface area contributed by atoms with Crippen molar-refractivity contribution in [2.75, 3.05) is 0 Å². The van der Waals surface area contributed by atoms with Crippen LogP contribution in [-0.4, -0.2) is 34.5 Å². The summed E-state index contributed by atoms with van der Waals surface area (Å²) in [6.07, 6.45) is 4.00. The number of rotatable bonds is 7. The van der Waals surface area contributed by atoms with E-state index in [1.54, 1.807) is 0 Å². The molecule has 1 N–H and O–H groups in total. The first kappa shape index (κ1) is 19.3. The standard InChI is InChI=1S/C19H25F2NO3/c1-12(2)14-4-6-15(7-5-14)22(11-23)18(19(24)25)10-13-3-8-16(20)17(21)9-13/h3,8-9,11-12,14-15,18H,4-7,10H2,1-2H3,(H,24,25). The highest BCUT2D eigenvalue weighted by Gasteiger charge is 2.33. The average Bonchev–Trinajstić information content (AvgIpc) is 2.58. The van der Waals surface area contributed by atoms with Gasteiger partial charge in [-0.1, -0.05) is 19.9 Å². The molecular formula is C19H25F2NO3. The summed E-state index contributed by atoms with van der Waals surface area (Å²) in [5, 5.41) is 9.56. The first-order valence-electron chi connectivity index (χ1n) is 8.73. The summed E-state index contributed by atoms with van der Waals surface area (Å²) in [6.45, 7) is 4.34. The average molecular weight is 353 g/mol. The molecule has 0 spiro atoms. The van der Waals surface area contributed by atoms with Crippen LogP contribution in [0.25, 0.3) is 0 Å². The Morgan fingerprint density at radius 2 is 1.88 bits per heavy atom. The molecule has 1 unspecified atom stereocenters. The number of carboxylic acid groups (broad SMARTS) is 1. The molecule has 1 aromatic rings. The van der Waals surface area contributed by atoms with Gasteiger partial charge in [0.15, 0.2) is 11.6 Å². The largest absolute Gasteiger partial charge is 0.480 e. The van der Waals surface area contributed by atoms with E-state index in [0.717, 1.165) is 37.8 Å². The fourth-order valence-electron chi connectivity index (χ4n) is 3.69. The van der Waals surface area contributed by atoms with Gasteiger partial charge in [-0.15, -0.1) is 0 Å². The number of carbonyl (C=O) groups is 2. The highest BCUT2D eigenvalue weighted by Crippen LogP contribution is 2.32. The van der Waals surface area contributed by atoms with Crippen molar-refractivity contribution in [1.29, 1.82) is 0 Å². The van der Waals surface area contributed by atoms with Crippen molar-refractivity contribution < 1.29 is 23.5 Å². The third kappa shape index (κ3) is 4.77. The normalized spacial score (nSPS) is 21.8. The molecule has 4 nitrogen and oxygen atoms in total. The fourth-order valence-corrected chi connectivity index (χ4v) is 3.69. The number of nitrogens with zero attached hydrogens (tertiary/aromatic N) is 1. The van der Waals surface area contributed by atoms with Crippen LogP contribution in [0.15, 0.2) is 18.2 Å². The first-order chi connectivity index (χ1) is 11.8. The molecule has 1 aliphatic rings. The Morgan fingerprint density at radius 3 is 2.36 bits per heavy atom. The van der Waals surface area contributed by atoms with Crippen LogP contribution in [0.3, 0.4) is 0 Å². The van der Waals surface area contributed by atoms with Crippen molar-refractivity contribution in [1.82, 2.24) is 4.90 Å². The summed E-state index contributed by atoms with van der Waals surface area (Å²) in [7, 11) is 0. The van der Waals surface area contributed by atoms with Crippen molar-refractivity contribution in [3.63, 3.8) is 0 Å².